The largest absolute Gasteiger partial charge is 0.457 e. The molecule has 10 nitrogen and oxygen atoms in total. The van der Waals surface area contributed by atoms with Gasteiger partial charge >= 0.3 is 11.9 Å². The van der Waals surface area contributed by atoms with Gasteiger partial charge in [0.25, 0.3) is 5.56 Å². The van der Waals surface area contributed by atoms with E-state index in [9.17, 15) is 19.2 Å². The maximum atomic E-state index is 13.8. The number of para-hydroxylation sites is 1. The Hall–Kier alpha value is -4.05. The third kappa shape index (κ3) is 4.60. The minimum Gasteiger partial charge on any atom is -0.457 e. The molecule has 1 aromatic carbocycles. The summed E-state index contributed by atoms with van der Waals surface area (Å²) in [5, 5.41) is 6.95. The third-order valence-electron chi connectivity index (χ3n) is 8.34. The summed E-state index contributed by atoms with van der Waals surface area (Å²) in [6.45, 7) is 6.48. The van der Waals surface area contributed by atoms with Crippen molar-refractivity contribution in [2.24, 2.45) is 5.92 Å². The lowest BCUT2D eigenvalue weighted by atomic mass is 9.85. The topological polar surface area (TPSA) is 129 Å². The van der Waals surface area contributed by atoms with Crippen molar-refractivity contribution >= 4 is 28.7 Å². The van der Waals surface area contributed by atoms with E-state index in [0.29, 0.717) is 36.3 Å². The van der Waals surface area contributed by atoms with E-state index in [1.165, 1.54) is 0 Å². The Morgan fingerprint density at radius 2 is 2.05 bits per heavy atom. The molecule has 0 radical (unpaired) electrons. The Bertz CT molecular complexity index is 1620. The van der Waals surface area contributed by atoms with Crippen molar-refractivity contribution in [2.75, 3.05) is 6.54 Å². The highest BCUT2D eigenvalue weighted by Crippen LogP contribution is 2.41. The number of ether oxygens (including phenoxy) is 2. The number of pyridine rings is 2. The zero-order valence-electron chi connectivity index (χ0n) is 23.5. The molecule has 0 unspecified atom stereocenters. The zero-order valence-corrected chi connectivity index (χ0v) is 23.5. The quantitative estimate of drug-likeness (QED) is 0.332. The van der Waals surface area contributed by atoms with Gasteiger partial charge in [-0.15, -0.1) is 0 Å². The second kappa shape index (κ2) is 10.4. The molecule has 3 aliphatic heterocycles. The van der Waals surface area contributed by atoms with E-state index < -0.39 is 23.6 Å². The number of hydrogen-bond donors (Lipinski definition) is 2. The number of esters is 2. The molecule has 10 heteroatoms. The summed E-state index contributed by atoms with van der Waals surface area (Å²) >= 11 is 0. The Kier molecular flexibility index (Phi) is 6.89. The van der Waals surface area contributed by atoms with Crippen LogP contribution in [-0.2, 0) is 42.6 Å². The van der Waals surface area contributed by atoms with Crippen molar-refractivity contribution in [2.45, 2.75) is 77.3 Å². The Morgan fingerprint density at radius 1 is 1.24 bits per heavy atom. The first-order valence-corrected chi connectivity index (χ1v) is 14.3. The Balaban J connectivity index is 1.40. The molecular formula is C31H34N4O6. The Morgan fingerprint density at radius 3 is 2.78 bits per heavy atom. The van der Waals surface area contributed by atoms with Crippen LogP contribution >= 0.6 is 0 Å². The van der Waals surface area contributed by atoms with Crippen molar-refractivity contribution in [1.29, 1.82) is 0 Å². The van der Waals surface area contributed by atoms with Crippen molar-refractivity contribution in [1.82, 2.24) is 20.2 Å². The van der Waals surface area contributed by atoms with Crippen molar-refractivity contribution in [3.63, 3.8) is 0 Å². The van der Waals surface area contributed by atoms with Crippen LogP contribution in [-0.4, -0.2) is 46.0 Å². The summed E-state index contributed by atoms with van der Waals surface area (Å²) in [7, 11) is 0. The van der Waals surface area contributed by atoms with Crippen molar-refractivity contribution in [3.05, 3.63) is 63.4 Å². The number of rotatable bonds is 7. The number of carbonyl (C=O) groups is 3. The average molecular weight is 559 g/mol. The van der Waals surface area contributed by atoms with Gasteiger partial charge in [-0.1, -0.05) is 39.0 Å². The van der Waals surface area contributed by atoms with Gasteiger partial charge in [-0.3, -0.25) is 9.59 Å². The molecule has 41 heavy (non-hydrogen) atoms. The highest BCUT2D eigenvalue weighted by molar-refractivity contribution is 5.91. The van der Waals surface area contributed by atoms with Crippen LogP contribution in [0.2, 0.25) is 0 Å². The number of nitrogens with zero attached hydrogens (tertiary/aromatic N) is 2. The van der Waals surface area contributed by atoms with E-state index in [2.05, 4.69) is 10.6 Å². The predicted octanol–water partition coefficient (Wildman–Crippen LogP) is 2.91. The molecule has 1 amide bonds. The highest BCUT2D eigenvalue weighted by atomic mass is 16.6. The molecule has 3 aromatic rings. The van der Waals surface area contributed by atoms with Crippen LogP contribution in [0.15, 0.2) is 41.2 Å². The van der Waals surface area contributed by atoms with Crippen LogP contribution < -0.4 is 16.2 Å². The summed E-state index contributed by atoms with van der Waals surface area (Å²) in [6.07, 6.45) is 1.95. The third-order valence-corrected chi connectivity index (χ3v) is 8.34. The van der Waals surface area contributed by atoms with Crippen LogP contribution in [0.4, 0.5) is 0 Å². The van der Waals surface area contributed by atoms with E-state index in [4.69, 9.17) is 14.5 Å². The lowest BCUT2D eigenvalue weighted by molar-refractivity contribution is -0.191. The van der Waals surface area contributed by atoms with Gasteiger partial charge < -0.3 is 24.7 Å². The Labute approximate surface area is 237 Å². The molecule has 1 fully saturated rings. The number of fused-ring (bicyclic) bond motifs is 5. The van der Waals surface area contributed by atoms with E-state index in [1.54, 1.807) is 17.6 Å². The average Bonchev–Trinajstić information content (AvgIpc) is 3.62. The van der Waals surface area contributed by atoms with E-state index >= 15 is 0 Å². The number of nitrogens with one attached hydrogen (secondary N) is 2. The smallest absolute Gasteiger partial charge is 0.355 e. The second-order valence-corrected chi connectivity index (χ2v) is 11.5. The molecule has 0 bridgehead atoms. The van der Waals surface area contributed by atoms with Gasteiger partial charge in [0, 0.05) is 16.5 Å². The van der Waals surface area contributed by atoms with E-state index in [0.717, 1.165) is 29.4 Å². The van der Waals surface area contributed by atoms with Crippen LogP contribution in [0.25, 0.3) is 22.3 Å². The maximum absolute atomic E-state index is 13.8. The van der Waals surface area contributed by atoms with Crippen LogP contribution in [0.5, 0.6) is 0 Å². The molecule has 2 aromatic heterocycles. The van der Waals surface area contributed by atoms with Crippen LogP contribution in [0.3, 0.4) is 0 Å². The van der Waals surface area contributed by atoms with Gasteiger partial charge in [0.1, 0.15) is 12.6 Å². The fourth-order valence-corrected chi connectivity index (χ4v) is 6.19. The fourth-order valence-electron chi connectivity index (χ4n) is 6.19. The highest BCUT2D eigenvalue weighted by Gasteiger charge is 2.51. The van der Waals surface area contributed by atoms with Crippen molar-refractivity contribution in [3.8, 4) is 11.4 Å². The SMILES string of the molecule is CC[C@@]1(OC(=O)[C@H](CC(C)C)NC(=O)[C@@H]2CCCN2)C(=O)OCc2c1cc1n(c2=O)Cc2cc3ccccc3nc2-1. The number of cyclic esters (lactones) is 1. The second-order valence-electron chi connectivity index (χ2n) is 11.5. The molecule has 5 heterocycles. The zero-order chi connectivity index (χ0) is 28.9. The van der Waals surface area contributed by atoms with Crippen molar-refractivity contribution < 1.29 is 23.9 Å². The molecule has 3 aliphatic rings. The van der Waals surface area contributed by atoms with E-state index in [1.807, 2.05) is 44.2 Å². The molecule has 0 aliphatic carbocycles. The van der Waals surface area contributed by atoms with Gasteiger partial charge in [0.2, 0.25) is 11.5 Å². The van der Waals surface area contributed by atoms with Crippen LogP contribution in [0, 0.1) is 5.92 Å². The standard InChI is InChI=1S/C31H34N4O6/c1-4-31(41-29(38)24(12-17(2)3)34-27(36)23-10-7-11-32-23)21-14-25-26-19(13-18-8-5-6-9-22(18)33-26)15-35(25)28(37)20(21)16-40-30(31)39/h5-6,8-9,13-14,17,23-24,32H,4,7,10-12,15-16H2,1-3H3,(H,34,36)/t23-,24-,31-/m0/s1. The monoisotopic (exact) mass is 558 g/mol. The fraction of sp³-hybridized carbons (Fsp3) is 0.452. The molecule has 1 saturated heterocycles. The number of benzene rings is 1. The summed E-state index contributed by atoms with van der Waals surface area (Å²) in [5.41, 5.74) is 1.38. The molecule has 3 atom stereocenters. The van der Waals surface area contributed by atoms with Gasteiger partial charge in [0.05, 0.1) is 35.1 Å². The normalized spacial score (nSPS) is 21.7. The summed E-state index contributed by atoms with van der Waals surface area (Å²) in [5.74, 6) is -1.67. The van der Waals surface area contributed by atoms with Gasteiger partial charge in [0.15, 0.2) is 0 Å². The van der Waals surface area contributed by atoms with Gasteiger partial charge in [-0.25, -0.2) is 14.6 Å². The first-order chi connectivity index (χ1) is 19.7. The van der Waals surface area contributed by atoms with Crippen LogP contribution in [0.1, 0.15) is 63.1 Å². The number of aromatic nitrogens is 2. The van der Waals surface area contributed by atoms with Gasteiger partial charge in [-0.05, 0) is 56.3 Å². The summed E-state index contributed by atoms with van der Waals surface area (Å²) in [6, 6.07) is 10.2. The lowest BCUT2D eigenvalue weighted by Crippen LogP contribution is -2.53. The van der Waals surface area contributed by atoms with E-state index in [-0.39, 0.29) is 42.0 Å². The lowest BCUT2D eigenvalue weighted by Gasteiger charge is -2.36. The minimum absolute atomic E-state index is 0.0536. The molecule has 2 N–H and O–H groups in total. The molecule has 0 spiro atoms. The van der Waals surface area contributed by atoms with Gasteiger partial charge in [-0.2, -0.15) is 0 Å². The molecule has 6 rings (SSSR count). The summed E-state index contributed by atoms with van der Waals surface area (Å²) < 4.78 is 13.2. The first kappa shape index (κ1) is 27.1. The molecule has 0 saturated carbocycles. The number of amides is 1. The minimum atomic E-state index is -1.83. The molecular weight excluding hydrogens is 524 g/mol. The first-order valence-electron chi connectivity index (χ1n) is 14.3. The summed E-state index contributed by atoms with van der Waals surface area (Å²) in [4.78, 5) is 58.7. The maximum Gasteiger partial charge on any atom is 0.355 e. The molecule has 214 valence electrons. The number of hydrogen-bond acceptors (Lipinski definition) is 8. The predicted molar refractivity (Wildman–Crippen MR) is 151 cm³/mol. The number of carbonyl (C=O) groups excluding carboxylic acids is 3.